The number of imide groups is 1. The molecule has 0 aromatic rings. The Hall–Kier alpha value is -1.68. The molecule has 10 heteroatoms. The molecule has 0 spiro atoms. The van der Waals surface area contributed by atoms with E-state index < -0.39 is 31.2 Å². The van der Waals surface area contributed by atoms with E-state index in [-0.39, 0.29) is 36.7 Å². The number of piperazine rings is 1. The van der Waals surface area contributed by atoms with Crippen molar-refractivity contribution in [1.82, 2.24) is 20.4 Å². The molecule has 2 saturated heterocycles. The van der Waals surface area contributed by atoms with E-state index in [0.717, 1.165) is 17.7 Å². The van der Waals surface area contributed by atoms with E-state index in [9.17, 15) is 27.6 Å². The molecule has 3 aliphatic rings. The fourth-order valence-electron chi connectivity index (χ4n) is 4.24. The van der Waals surface area contributed by atoms with Gasteiger partial charge in [-0.2, -0.15) is 13.2 Å². The third-order valence-corrected chi connectivity index (χ3v) is 5.70. The zero-order chi connectivity index (χ0) is 19.6. The van der Waals surface area contributed by atoms with Gasteiger partial charge in [0.25, 0.3) is 0 Å². The lowest BCUT2D eigenvalue weighted by molar-refractivity contribution is -0.184. The number of likely N-dealkylation sites (tertiary alicyclic amines) is 1. The van der Waals surface area contributed by atoms with Gasteiger partial charge in [-0.25, -0.2) is 0 Å². The number of nitrogens with one attached hydrogen (secondary N) is 2. The highest BCUT2D eigenvalue weighted by Crippen LogP contribution is 2.37. The number of carbonyl (C=O) groups excluding carboxylic acids is 3. The van der Waals surface area contributed by atoms with Gasteiger partial charge in [0, 0.05) is 32.7 Å². The largest absolute Gasteiger partial charge is 0.405 e. The monoisotopic (exact) mass is 390 g/mol. The first-order valence-electron chi connectivity index (χ1n) is 9.42. The Balaban J connectivity index is 1.56. The summed E-state index contributed by atoms with van der Waals surface area (Å²) >= 11 is 0. The van der Waals surface area contributed by atoms with Crippen molar-refractivity contribution in [1.29, 1.82) is 0 Å². The number of carbonyl (C=O) groups is 3. The lowest BCUT2D eigenvalue weighted by Gasteiger charge is -2.36. The number of alkyl halides is 3. The van der Waals surface area contributed by atoms with Crippen molar-refractivity contribution in [2.45, 2.75) is 37.9 Å². The minimum Gasteiger partial charge on any atom is -0.353 e. The first-order valence-corrected chi connectivity index (χ1v) is 9.42. The van der Waals surface area contributed by atoms with Crippen molar-refractivity contribution in [2.24, 2.45) is 11.8 Å². The van der Waals surface area contributed by atoms with Crippen molar-refractivity contribution >= 4 is 17.7 Å². The van der Waals surface area contributed by atoms with Crippen LogP contribution in [0.2, 0.25) is 0 Å². The smallest absolute Gasteiger partial charge is 0.353 e. The quantitative estimate of drug-likeness (QED) is 0.652. The number of fused-ring (bicyclic) bond motifs is 1. The SMILES string of the molecule is O=C(CN1C(=O)C2CCCCC2C1=O)NCC(N1CCNCC1)C(F)(F)F. The van der Waals surface area contributed by atoms with E-state index in [0.29, 0.717) is 25.9 Å². The Bertz CT molecular complexity index is 568. The predicted molar refractivity (Wildman–Crippen MR) is 89.5 cm³/mol. The van der Waals surface area contributed by atoms with Gasteiger partial charge in [-0.3, -0.25) is 24.2 Å². The summed E-state index contributed by atoms with van der Waals surface area (Å²) in [7, 11) is 0. The maximum atomic E-state index is 13.4. The zero-order valence-corrected chi connectivity index (χ0v) is 15.1. The molecule has 3 atom stereocenters. The van der Waals surface area contributed by atoms with Crippen LogP contribution in [0.25, 0.3) is 0 Å². The van der Waals surface area contributed by atoms with Gasteiger partial charge in [0.1, 0.15) is 12.6 Å². The van der Waals surface area contributed by atoms with Crippen LogP contribution in [-0.4, -0.2) is 79.0 Å². The molecule has 0 bridgehead atoms. The summed E-state index contributed by atoms with van der Waals surface area (Å²) in [6, 6.07) is -1.78. The summed E-state index contributed by atoms with van der Waals surface area (Å²) in [4.78, 5) is 39.1. The van der Waals surface area contributed by atoms with Crippen LogP contribution in [0.15, 0.2) is 0 Å². The molecule has 7 nitrogen and oxygen atoms in total. The Morgan fingerprint density at radius 2 is 1.67 bits per heavy atom. The highest BCUT2D eigenvalue weighted by atomic mass is 19.4. The van der Waals surface area contributed by atoms with Gasteiger partial charge in [0.15, 0.2) is 0 Å². The Kier molecular flexibility index (Phi) is 6.05. The van der Waals surface area contributed by atoms with E-state index in [1.807, 2.05) is 0 Å². The highest BCUT2D eigenvalue weighted by Gasteiger charge is 2.49. The van der Waals surface area contributed by atoms with Gasteiger partial charge >= 0.3 is 6.18 Å². The molecule has 3 fully saturated rings. The normalized spacial score (nSPS) is 28.2. The summed E-state index contributed by atoms with van der Waals surface area (Å²) in [5.74, 6) is -2.21. The number of amides is 3. The minimum absolute atomic E-state index is 0.243. The summed E-state index contributed by atoms with van der Waals surface area (Å²) < 4.78 is 40.1. The second-order valence-corrected chi connectivity index (χ2v) is 7.41. The minimum atomic E-state index is -4.47. The molecule has 1 saturated carbocycles. The number of hydrogen-bond donors (Lipinski definition) is 2. The highest BCUT2D eigenvalue weighted by molar-refractivity contribution is 6.07. The maximum absolute atomic E-state index is 13.4. The van der Waals surface area contributed by atoms with E-state index >= 15 is 0 Å². The molecule has 1 aliphatic carbocycles. The molecule has 0 aromatic heterocycles. The standard InChI is InChI=1S/C17H25F3N4O3/c18-17(19,20)13(23-7-5-21-6-8-23)9-22-14(25)10-24-15(26)11-3-1-2-4-12(11)16(24)27/h11-13,21H,1-10H2,(H,22,25). The van der Waals surface area contributed by atoms with Crippen LogP contribution in [-0.2, 0) is 14.4 Å². The molecule has 2 aliphatic heterocycles. The molecule has 3 rings (SSSR count). The molecular formula is C17H25F3N4O3. The van der Waals surface area contributed by atoms with Gasteiger partial charge in [-0.05, 0) is 12.8 Å². The lowest BCUT2D eigenvalue weighted by Crippen LogP contribution is -2.58. The second kappa shape index (κ2) is 8.14. The Morgan fingerprint density at radius 3 is 2.19 bits per heavy atom. The van der Waals surface area contributed by atoms with Crippen molar-refractivity contribution in [3.8, 4) is 0 Å². The summed E-state index contributed by atoms with van der Waals surface area (Å²) in [6.07, 6.45) is -1.46. The van der Waals surface area contributed by atoms with E-state index in [4.69, 9.17) is 0 Å². The van der Waals surface area contributed by atoms with Crippen LogP contribution >= 0.6 is 0 Å². The summed E-state index contributed by atoms with van der Waals surface area (Å²) in [5, 5.41) is 5.26. The molecule has 2 heterocycles. The van der Waals surface area contributed by atoms with Crippen LogP contribution < -0.4 is 10.6 Å². The number of hydrogen-bond acceptors (Lipinski definition) is 5. The Labute approximate surface area is 155 Å². The fourth-order valence-corrected chi connectivity index (χ4v) is 4.24. The van der Waals surface area contributed by atoms with Crippen LogP contribution in [0.1, 0.15) is 25.7 Å². The summed E-state index contributed by atoms with van der Waals surface area (Å²) in [5.41, 5.74) is 0. The van der Waals surface area contributed by atoms with Crippen molar-refractivity contribution < 1.29 is 27.6 Å². The molecule has 3 unspecified atom stereocenters. The van der Waals surface area contributed by atoms with Gasteiger partial charge in [0.2, 0.25) is 17.7 Å². The van der Waals surface area contributed by atoms with Crippen LogP contribution in [0, 0.1) is 11.8 Å². The molecule has 152 valence electrons. The summed E-state index contributed by atoms with van der Waals surface area (Å²) in [6.45, 7) is 0.307. The molecule has 3 amide bonds. The van der Waals surface area contributed by atoms with Gasteiger partial charge in [-0.15, -0.1) is 0 Å². The van der Waals surface area contributed by atoms with E-state index in [2.05, 4.69) is 10.6 Å². The van der Waals surface area contributed by atoms with Gasteiger partial charge < -0.3 is 10.6 Å². The van der Waals surface area contributed by atoms with Gasteiger partial charge in [-0.1, -0.05) is 12.8 Å². The van der Waals surface area contributed by atoms with Crippen molar-refractivity contribution in [3.05, 3.63) is 0 Å². The molecular weight excluding hydrogens is 365 g/mol. The topological polar surface area (TPSA) is 81.8 Å². The van der Waals surface area contributed by atoms with E-state index in [1.54, 1.807) is 0 Å². The fraction of sp³-hybridized carbons (Fsp3) is 0.824. The lowest BCUT2D eigenvalue weighted by atomic mass is 9.81. The molecule has 27 heavy (non-hydrogen) atoms. The third kappa shape index (κ3) is 4.43. The van der Waals surface area contributed by atoms with Crippen molar-refractivity contribution in [2.75, 3.05) is 39.3 Å². The first-order chi connectivity index (χ1) is 12.8. The van der Waals surface area contributed by atoms with Crippen LogP contribution in [0.4, 0.5) is 13.2 Å². The zero-order valence-electron chi connectivity index (χ0n) is 15.1. The second-order valence-electron chi connectivity index (χ2n) is 7.41. The molecule has 2 N–H and O–H groups in total. The average molecular weight is 390 g/mol. The molecule has 0 aromatic carbocycles. The van der Waals surface area contributed by atoms with Crippen LogP contribution in [0.3, 0.4) is 0 Å². The van der Waals surface area contributed by atoms with Crippen LogP contribution in [0.5, 0.6) is 0 Å². The first kappa shape index (κ1) is 20.1. The van der Waals surface area contributed by atoms with E-state index in [1.165, 1.54) is 4.90 Å². The van der Waals surface area contributed by atoms with Crippen molar-refractivity contribution in [3.63, 3.8) is 0 Å². The average Bonchev–Trinajstić information content (AvgIpc) is 2.87. The third-order valence-electron chi connectivity index (χ3n) is 5.70. The molecule has 0 radical (unpaired) electrons. The van der Waals surface area contributed by atoms with Gasteiger partial charge in [0.05, 0.1) is 11.8 Å². The number of rotatable bonds is 5. The Morgan fingerprint density at radius 1 is 1.11 bits per heavy atom. The predicted octanol–water partition coefficient (Wildman–Crippen LogP) is 0.114. The number of halogens is 3. The maximum Gasteiger partial charge on any atom is 0.405 e. The number of nitrogens with zero attached hydrogens (tertiary/aromatic N) is 2.